The summed E-state index contributed by atoms with van der Waals surface area (Å²) in [7, 11) is 0. The molecule has 0 radical (unpaired) electrons. The Morgan fingerprint density at radius 1 is 1.33 bits per heavy atom. The molecule has 0 bridgehead atoms. The first kappa shape index (κ1) is 12.7. The van der Waals surface area contributed by atoms with Gasteiger partial charge >= 0.3 is 0 Å². The molecule has 96 valence electrons. The van der Waals surface area contributed by atoms with Crippen molar-refractivity contribution in [1.29, 1.82) is 0 Å². The van der Waals surface area contributed by atoms with Gasteiger partial charge in [-0.15, -0.1) is 0 Å². The summed E-state index contributed by atoms with van der Waals surface area (Å²) in [6, 6.07) is 8.00. The highest BCUT2D eigenvalue weighted by atomic mass is 16.3. The van der Waals surface area contributed by atoms with Crippen molar-refractivity contribution in [1.82, 2.24) is 9.78 Å². The summed E-state index contributed by atoms with van der Waals surface area (Å²) in [5.74, 6) is 0.547. The van der Waals surface area contributed by atoms with Gasteiger partial charge in [0.15, 0.2) is 0 Å². The predicted molar refractivity (Wildman–Crippen MR) is 73.4 cm³/mol. The van der Waals surface area contributed by atoms with Crippen LogP contribution in [0.1, 0.15) is 43.5 Å². The third-order valence-electron chi connectivity index (χ3n) is 3.13. The molecule has 1 heterocycles. The molecule has 0 amide bonds. The lowest BCUT2D eigenvalue weighted by atomic mass is 10.0. The average Bonchev–Trinajstić information content (AvgIpc) is 2.66. The van der Waals surface area contributed by atoms with Crippen molar-refractivity contribution in [3.63, 3.8) is 0 Å². The summed E-state index contributed by atoms with van der Waals surface area (Å²) in [5, 5.41) is 14.9. The highest BCUT2D eigenvalue weighted by Gasteiger charge is 2.19. The summed E-state index contributed by atoms with van der Waals surface area (Å²) >= 11 is 0. The Balaban J connectivity index is 2.59. The standard InChI is InChI=1S/C15H20N2O/c1-5-13-14(10(2)3)15(18)17(16-13)12-8-6-7-11(4)9-12/h6-10,18H,5H2,1-4H3. The molecule has 18 heavy (non-hydrogen) atoms. The monoisotopic (exact) mass is 244 g/mol. The Bertz CT molecular complexity index is 556. The highest BCUT2D eigenvalue weighted by molar-refractivity contribution is 5.43. The minimum atomic E-state index is 0.271. The van der Waals surface area contributed by atoms with E-state index in [1.165, 1.54) is 0 Å². The molecule has 1 N–H and O–H groups in total. The molecule has 0 atom stereocenters. The molecule has 0 aliphatic rings. The average molecular weight is 244 g/mol. The molecule has 1 aromatic heterocycles. The second-order valence-corrected chi connectivity index (χ2v) is 4.94. The van der Waals surface area contributed by atoms with Crippen LogP contribution in [0.4, 0.5) is 0 Å². The molecule has 0 unspecified atom stereocenters. The maximum Gasteiger partial charge on any atom is 0.217 e. The van der Waals surface area contributed by atoms with Crippen LogP contribution in [0.15, 0.2) is 24.3 Å². The van der Waals surface area contributed by atoms with Gasteiger partial charge in [0.25, 0.3) is 0 Å². The van der Waals surface area contributed by atoms with Crippen LogP contribution in [-0.2, 0) is 6.42 Å². The number of rotatable bonds is 3. The normalized spacial score (nSPS) is 11.2. The van der Waals surface area contributed by atoms with E-state index in [4.69, 9.17) is 0 Å². The van der Waals surface area contributed by atoms with E-state index >= 15 is 0 Å². The van der Waals surface area contributed by atoms with Gasteiger partial charge in [0.1, 0.15) is 0 Å². The largest absolute Gasteiger partial charge is 0.493 e. The molecule has 3 nitrogen and oxygen atoms in total. The van der Waals surface area contributed by atoms with Crippen LogP contribution in [0.5, 0.6) is 5.88 Å². The number of aromatic nitrogens is 2. The topological polar surface area (TPSA) is 38.0 Å². The van der Waals surface area contributed by atoms with Crippen molar-refractivity contribution in [2.24, 2.45) is 0 Å². The lowest BCUT2D eigenvalue weighted by molar-refractivity contribution is 0.425. The van der Waals surface area contributed by atoms with Gasteiger partial charge in [0.2, 0.25) is 5.88 Å². The zero-order valence-corrected chi connectivity index (χ0v) is 11.4. The molecule has 0 aliphatic carbocycles. The summed E-state index contributed by atoms with van der Waals surface area (Å²) in [6.07, 6.45) is 0.833. The first-order chi connectivity index (χ1) is 8.54. The van der Waals surface area contributed by atoms with Gasteiger partial charge in [0, 0.05) is 5.56 Å². The van der Waals surface area contributed by atoms with Crippen LogP contribution in [0.3, 0.4) is 0 Å². The minimum Gasteiger partial charge on any atom is -0.493 e. The van der Waals surface area contributed by atoms with Crippen molar-refractivity contribution < 1.29 is 5.11 Å². The zero-order chi connectivity index (χ0) is 13.3. The van der Waals surface area contributed by atoms with Gasteiger partial charge < -0.3 is 5.11 Å². The first-order valence-electron chi connectivity index (χ1n) is 6.42. The Morgan fingerprint density at radius 2 is 2.06 bits per heavy atom. The van der Waals surface area contributed by atoms with Crippen LogP contribution < -0.4 is 0 Å². The van der Waals surface area contributed by atoms with E-state index in [9.17, 15) is 5.11 Å². The molecule has 2 rings (SSSR count). The van der Waals surface area contributed by atoms with Gasteiger partial charge in [-0.25, -0.2) is 4.68 Å². The Kier molecular flexibility index (Phi) is 3.41. The number of nitrogens with zero attached hydrogens (tertiary/aromatic N) is 2. The van der Waals surface area contributed by atoms with E-state index in [0.29, 0.717) is 0 Å². The Hall–Kier alpha value is -1.77. The van der Waals surface area contributed by atoms with Crippen LogP contribution >= 0.6 is 0 Å². The molecular weight excluding hydrogens is 224 g/mol. The number of hydrogen-bond donors (Lipinski definition) is 1. The van der Waals surface area contributed by atoms with Gasteiger partial charge in [-0.2, -0.15) is 5.10 Å². The Morgan fingerprint density at radius 3 is 2.56 bits per heavy atom. The van der Waals surface area contributed by atoms with E-state index in [0.717, 1.165) is 28.9 Å². The molecule has 1 aromatic carbocycles. The lowest BCUT2D eigenvalue weighted by Crippen LogP contribution is -1.96. The van der Waals surface area contributed by atoms with Crippen molar-refractivity contribution in [3.05, 3.63) is 41.1 Å². The molecule has 0 saturated heterocycles. The van der Waals surface area contributed by atoms with E-state index in [1.54, 1.807) is 4.68 Å². The van der Waals surface area contributed by atoms with Crippen molar-refractivity contribution >= 4 is 0 Å². The highest BCUT2D eigenvalue weighted by Crippen LogP contribution is 2.31. The molecule has 0 spiro atoms. The molecule has 2 aromatic rings. The fourth-order valence-electron chi connectivity index (χ4n) is 2.26. The Labute approximate surface area is 108 Å². The number of aryl methyl sites for hydroxylation is 2. The quantitative estimate of drug-likeness (QED) is 0.896. The smallest absolute Gasteiger partial charge is 0.217 e. The van der Waals surface area contributed by atoms with E-state index < -0.39 is 0 Å². The fraction of sp³-hybridized carbons (Fsp3) is 0.400. The minimum absolute atomic E-state index is 0.271. The maximum atomic E-state index is 10.4. The second-order valence-electron chi connectivity index (χ2n) is 4.94. The fourth-order valence-corrected chi connectivity index (χ4v) is 2.26. The van der Waals surface area contributed by atoms with Crippen molar-refractivity contribution in [2.45, 2.75) is 40.0 Å². The zero-order valence-electron chi connectivity index (χ0n) is 11.4. The van der Waals surface area contributed by atoms with E-state index in [-0.39, 0.29) is 11.8 Å². The van der Waals surface area contributed by atoms with Gasteiger partial charge in [0.05, 0.1) is 11.4 Å². The molecular formula is C15H20N2O. The van der Waals surface area contributed by atoms with E-state index in [2.05, 4.69) is 25.9 Å². The molecule has 0 fully saturated rings. The molecule has 3 heteroatoms. The summed E-state index contributed by atoms with van der Waals surface area (Å²) in [5.41, 5.74) is 4.00. The van der Waals surface area contributed by atoms with Crippen LogP contribution in [-0.4, -0.2) is 14.9 Å². The third kappa shape index (κ3) is 2.13. The third-order valence-corrected chi connectivity index (χ3v) is 3.13. The van der Waals surface area contributed by atoms with Crippen molar-refractivity contribution in [2.75, 3.05) is 0 Å². The number of hydrogen-bond acceptors (Lipinski definition) is 2. The first-order valence-corrected chi connectivity index (χ1v) is 6.42. The summed E-state index contributed by atoms with van der Waals surface area (Å²) in [4.78, 5) is 0. The number of aromatic hydroxyl groups is 1. The summed E-state index contributed by atoms with van der Waals surface area (Å²) in [6.45, 7) is 8.26. The van der Waals surface area contributed by atoms with E-state index in [1.807, 2.05) is 31.2 Å². The van der Waals surface area contributed by atoms with Gasteiger partial charge in [-0.1, -0.05) is 32.9 Å². The van der Waals surface area contributed by atoms with Crippen LogP contribution in [0, 0.1) is 6.92 Å². The van der Waals surface area contributed by atoms with Crippen molar-refractivity contribution in [3.8, 4) is 11.6 Å². The second kappa shape index (κ2) is 4.84. The maximum absolute atomic E-state index is 10.4. The van der Waals surface area contributed by atoms with Gasteiger partial charge in [-0.05, 0) is 37.0 Å². The van der Waals surface area contributed by atoms with Crippen LogP contribution in [0.2, 0.25) is 0 Å². The SMILES string of the molecule is CCc1nn(-c2cccc(C)c2)c(O)c1C(C)C. The number of benzene rings is 1. The predicted octanol–water partition coefficient (Wildman–Crippen LogP) is 3.57. The molecule has 0 aliphatic heterocycles. The summed E-state index contributed by atoms with van der Waals surface area (Å²) < 4.78 is 1.64. The lowest BCUT2D eigenvalue weighted by Gasteiger charge is -2.06. The molecule has 0 saturated carbocycles. The van der Waals surface area contributed by atoms with Gasteiger partial charge in [-0.3, -0.25) is 0 Å². The van der Waals surface area contributed by atoms with Crippen LogP contribution in [0.25, 0.3) is 5.69 Å².